The lowest BCUT2D eigenvalue weighted by Gasteiger charge is -2.35. The Hall–Kier alpha value is -4.66. The largest absolute Gasteiger partial charge is 0.491 e. The van der Waals surface area contributed by atoms with Crippen LogP contribution in [0.4, 0.5) is 9.18 Å². The second-order valence-corrected chi connectivity index (χ2v) is 15.8. The summed E-state index contributed by atoms with van der Waals surface area (Å²) in [5, 5.41) is 3.06. The number of alkyl halides is 1. The van der Waals surface area contributed by atoms with Crippen LogP contribution in [0.2, 0.25) is 0 Å². The number of nitrogens with one attached hydrogen (secondary N) is 1. The molecule has 0 aliphatic carbocycles. The van der Waals surface area contributed by atoms with Gasteiger partial charge in [-0.25, -0.2) is 9.18 Å². The van der Waals surface area contributed by atoms with Gasteiger partial charge in [-0.2, -0.15) is 0 Å². The number of likely N-dealkylation sites (tertiary alicyclic amines) is 2. The average Bonchev–Trinajstić information content (AvgIpc) is 3.11. The lowest BCUT2D eigenvalue weighted by atomic mass is 9.91. The van der Waals surface area contributed by atoms with Crippen molar-refractivity contribution in [3.63, 3.8) is 0 Å². The van der Waals surface area contributed by atoms with Gasteiger partial charge in [0.25, 0.3) is 0 Å². The van der Waals surface area contributed by atoms with Gasteiger partial charge in [0.05, 0.1) is 18.4 Å². The minimum absolute atomic E-state index is 0.0253. The Morgan fingerprint density at radius 2 is 1.64 bits per heavy atom. The number of hydrogen-bond donors (Lipinski definition) is 1. The van der Waals surface area contributed by atoms with E-state index < -0.39 is 35.8 Å². The average molecular weight is 735 g/mol. The Labute approximate surface area is 313 Å². The number of aromatic nitrogens is 1. The number of ether oxygens (including phenoxy) is 3. The molecule has 2 atom stereocenters. The van der Waals surface area contributed by atoms with Crippen molar-refractivity contribution < 1.29 is 37.8 Å². The molecule has 288 valence electrons. The van der Waals surface area contributed by atoms with Crippen LogP contribution in [0.25, 0.3) is 0 Å². The summed E-state index contributed by atoms with van der Waals surface area (Å²) in [6, 6.07) is 8.09. The van der Waals surface area contributed by atoms with Crippen LogP contribution in [0.1, 0.15) is 109 Å². The summed E-state index contributed by atoms with van der Waals surface area (Å²) in [5.41, 5.74) is 0.595. The summed E-state index contributed by atoms with van der Waals surface area (Å²) in [6.07, 6.45) is 6.87. The number of hydrogen-bond acceptors (Lipinski definition) is 8. The van der Waals surface area contributed by atoms with E-state index in [2.05, 4.69) is 22.1 Å². The highest BCUT2D eigenvalue weighted by atomic mass is 19.1. The number of carbonyl (C=O) groups excluding carboxylic acids is 4. The van der Waals surface area contributed by atoms with Crippen LogP contribution >= 0.6 is 0 Å². The number of piperidine rings is 2. The van der Waals surface area contributed by atoms with Gasteiger partial charge in [-0.15, -0.1) is 0 Å². The van der Waals surface area contributed by atoms with E-state index in [4.69, 9.17) is 14.2 Å². The summed E-state index contributed by atoms with van der Waals surface area (Å²) in [6.45, 7) is 12.4. The maximum atomic E-state index is 13.8. The van der Waals surface area contributed by atoms with E-state index in [0.717, 1.165) is 19.3 Å². The van der Waals surface area contributed by atoms with E-state index in [9.17, 15) is 23.6 Å². The number of benzene rings is 1. The minimum atomic E-state index is -0.735. The van der Waals surface area contributed by atoms with Gasteiger partial charge in [-0.05, 0) is 109 Å². The van der Waals surface area contributed by atoms with E-state index >= 15 is 0 Å². The molecule has 0 spiro atoms. The third kappa shape index (κ3) is 14.0. The number of esters is 1. The van der Waals surface area contributed by atoms with E-state index in [1.54, 1.807) is 67.2 Å². The Morgan fingerprint density at radius 3 is 2.34 bits per heavy atom. The summed E-state index contributed by atoms with van der Waals surface area (Å²) in [4.78, 5) is 60.4. The Balaban J connectivity index is 1.37. The molecule has 53 heavy (non-hydrogen) atoms. The fourth-order valence-corrected chi connectivity index (χ4v) is 6.41. The van der Waals surface area contributed by atoms with Gasteiger partial charge in [0.2, 0.25) is 11.8 Å². The molecule has 2 unspecified atom stereocenters. The molecular weight excluding hydrogens is 679 g/mol. The molecule has 2 aliphatic heterocycles. The maximum absolute atomic E-state index is 13.8. The maximum Gasteiger partial charge on any atom is 0.410 e. The minimum Gasteiger partial charge on any atom is -0.491 e. The number of rotatable bonds is 11. The molecule has 2 fully saturated rings. The zero-order valence-corrected chi connectivity index (χ0v) is 32.0. The van der Waals surface area contributed by atoms with Gasteiger partial charge in [0.15, 0.2) is 0 Å². The van der Waals surface area contributed by atoms with Crippen LogP contribution in [0.15, 0.2) is 42.7 Å². The highest BCUT2D eigenvalue weighted by Crippen LogP contribution is 2.26. The first-order valence-corrected chi connectivity index (χ1v) is 18.6. The van der Waals surface area contributed by atoms with Crippen LogP contribution in [-0.4, -0.2) is 89.3 Å². The first-order chi connectivity index (χ1) is 25.1. The molecule has 3 amide bonds. The molecular formula is C41H55FN4O7. The van der Waals surface area contributed by atoms with Crippen molar-refractivity contribution >= 4 is 23.9 Å². The topological polar surface area (TPSA) is 127 Å². The monoisotopic (exact) mass is 734 g/mol. The Morgan fingerprint density at radius 1 is 0.925 bits per heavy atom. The van der Waals surface area contributed by atoms with Crippen LogP contribution in [0.5, 0.6) is 5.75 Å². The molecule has 2 aliphatic rings. The van der Waals surface area contributed by atoms with E-state index in [0.29, 0.717) is 73.8 Å². The molecule has 1 aromatic carbocycles. The van der Waals surface area contributed by atoms with Crippen molar-refractivity contribution in [2.45, 2.75) is 104 Å². The molecule has 12 heteroatoms. The second-order valence-electron chi connectivity index (χ2n) is 15.8. The van der Waals surface area contributed by atoms with Crippen LogP contribution in [0, 0.1) is 23.7 Å². The number of pyridine rings is 1. The van der Waals surface area contributed by atoms with Gasteiger partial charge in [-0.3, -0.25) is 19.4 Å². The first kappa shape index (κ1) is 41.1. The lowest BCUT2D eigenvalue weighted by Crippen LogP contribution is -2.46. The molecule has 2 aromatic rings. The van der Waals surface area contributed by atoms with Gasteiger partial charge in [-0.1, -0.05) is 17.9 Å². The number of nitrogens with zero attached hydrogens (tertiary/aromatic N) is 3. The molecule has 11 nitrogen and oxygen atoms in total. The third-order valence-electron chi connectivity index (χ3n) is 8.98. The molecule has 1 N–H and O–H groups in total. The van der Waals surface area contributed by atoms with E-state index in [-0.39, 0.29) is 30.9 Å². The summed E-state index contributed by atoms with van der Waals surface area (Å²) >= 11 is 0. The molecule has 1 aromatic heterocycles. The fraction of sp³-hybridized carbons (Fsp3) is 0.585. The molecule has 0 bridgehead atoms. The van der Waals surface area contributed by atoms with Crippen LogP contribution in [0.3, 0.4) is 0 Å². The summed E-state index contributed by atoms with van der Waals surface area (Å²) in [5.74, 6) is 5.88. The highest BCUT2D eigenvalue weighted by Gasteiger charge is 2.32. The Bertz CT molecular complexity index is 1630. The molecule has 4 rings (SSSR count). The smallest absolute Gasteiger partial charge is 0.410 e. The SMILES string of the molecule is CC(C)(C)OC(=O)CC(NC(=O)C1CCCN(C(=O)CCC2CCN(C(=O)OC(C)(C)C)CC2)C1)c1cncc(C#Cc2cccc(OCCF)c2)c1. The quantitative estimate of drug-likeness (QED) is 0.208. The molecule has 2 saturated heterocycles. The van der Waals surface area contributed by atoms with Gasteiger partial charge >= 0.3 is 12.1 Å². The van der Waals surface area contributed by atoms with E-state index in [1.165, 1.54) is 0 Å². The molecule has 3 heterocycles. The summed E-state index contributed by atoms with van der Waals surface area (Å²) in [7, 11) is 0. The fourth-order valence-electron chi connectivity index (χ4n) is 6.41. The first-order valence-electron chi connectivity index (χ1n) is 18.6. The van der Waals surface area contributed by atoms with Crippen molar-refractivity contribution in [2.24, 2.45) is 11.8 Å². The van der Waals surface area contributed by atoms with Crippen molar-refractivity contribution in [3.8, 4) is 17.6 Å². The standard InChI is InChI=1S/C41H55FN4O7/c1-40(2,3)52-37(48)25-35(33-23-31(26-43-27-33)13-12-30-9-7-11-34(24-30)51-22-18-42)44-38(49)32-10-8-19-46(28-32)36(47)15-14-29-16-20-45(21-17-29)39(50)53-41(4,5)6/h7,9,11,23-24,26-27,29,32,35H,8,10,14-22,25,28H2,1-6H3,(H,44,49). The molecule has 0 saturated carbocycles. The Kier molecular flexibility index (Phi) is 14.7. The number of amides is 3. The van der Waals surface area contributed by atoms with E-state index in [1.807, 2.05) is 26.8 Å². The van der Waals surface area contributed by atoms with Gasteiger partial charge < -0.3 is 29.3 Å². The van der Waals surface area contributed by atoms with Gasteiger partial charge in [0.1, 0.15) is 30.2 Å². The third-order valence-corrected chi connectivity index (χ3v) is 8.98. The van der Waals surface area contributed by atoms with Crippen molar-refractivity contribution in [1.29, 1.82) is 0 Å². The lowest BCUT2D eigenvalue weighted by molar-refractivity contribution is -0.155. The highest BCUT2D eigenvalue weighted by molar-refractivity contribution is 5.82. The van der Waals surface area contributed by atoms with Crippen LogP contribution < -0.4 is 10.1 Å². The number of carbonyl (C=O) groups is 4. The molecule has 0 radical (unpaired) electrons. The zero-order chi connectivity index (χ0) is 38.6. The van der Waals surface area contributed by atoms with Gasteiger partial charge in [0, 0.05) is 56.1 Å². The second kappa shape index (κ2) is 18.9. The predicted molar refractivity (Wildman–Crippen MR) is 199 cm³/mol. The van der Waals surface area contributed by atoms with Crippen molar-refractivity contribution in [3.05, 3.63) is 59.4 Å². The van der Waals surface area contributed by atoms with Crippen molar-refractivity contribution in [2.75, 3.05) is 39.5 Å². The summed E-state index contributed by atoms with van der Waals surface area (Å²) < 4.78 is 29.0. The number of halogens is 1. The zero-order valence-electron chi connectivity index (χ0n) is 32.0. The predicted octanol–water partition coefficient (Wildman–Crippen LogP) is 6.38. The van der Waals surface area contributed by atoms with Crippen molar-refractivity contribution in [1.82, 2.24) is 20.1 Å². The normalized spacial score (nSPS) is 17.2. The van der Waals surface area contributed by atoms with Crippen LogP contribution in [-0.2, 0) is 23.9 Å².